The second-order valence-corrected chi connectivity index (χ2v) is 5.11. The Kier molecular flexibility index (Phi) is 4.35. The topological polar surface area (TPSA) is 116 Å². The lowest BCUT2D eigenvalue weighted by molar-refractivity contribution is 0.0779. The van der Waals surface area contributed by atoms with Gasteiger partial charge >= 0.3 is 11.8 Å². The van der Waals surface area contributed by atoms with Gasteiger partial charge < -0.3 is 19.7 Å². The molecule has 0 atom stereocenters. The van der Waals surface area contributed by atoms with Crippen molar-refractivity contribution in [2.45, 2.75) is 17.5 Å². The zero-order chi connectivity index (χ0) is 14.7. The monoisotopic (exact) mass is 297 g/mol. The molecule has 0 aromatic carbocycles. The van der Waals surface area contributed by atoms with Gasteiger partial charge in [-0.15, -0.1) is 10.2 Å². The van der Waals surface area contributed by atoms with Crippen LogP contribution >= 0.6 is 11.8 Å². The van der Waals surface area contributed by atoms with Gasteiger partial charge in [0.2, 0.25) is 0 Å². The molecule has 0 bridgehead atoms. The van der Waals surface area contributed by atoms with E-state index in [0.717, 1.165) is 0 Å². The summed E-state index contributed by atoms with van der Waals surface area (Å²) in [6.07, 6.45) is 0. The van der Waals surface area contributed by atoms with Crippen LogP contribution in [0, 0.1) is 0 Å². The van der Waals surface area contributed by atoms with E-state index < -0.39 is 0 Å². The molecule has 0 aliphatic carbocycles. The number of aromatic nitrogens is 5. The maximum atomic E-state index is 11.6. The minimum atomic E-state index is -0.321. The predicted octanol–water partition coefficient (Wildman–Crippen LogP) is -0.349. The Balaban J connectivity index is 2.01. The number of carbonyl (C=O) groups excluding carboxylic acids is 1. The fourth-order valence-corrected chi connectivity index (χ4v) is 2.14. The zero-order valence-corrected chi connectivity index (χ0v) is 12.2. The Morgan fingerprint density at radius 1 is 1.45 bits per heavy atom. The lowest BCUT2D eigenvalue weighted by Gasteiger charge is -2.04. The van der Waals surface area contributed by atoms with Gasteiger partial charge in [-0.1, -0.05) is 16.9 Å². The highest BCUT2D eigenvalue weighted by molar-refractivity contribution is 7.98. The summed E-state index contributed by atoms with van der Waals surface area (Å²) in [6.45, 7) is 0.327. The largest absolute Gasteiger partial charge is 0.341 e. The Labute approximate surface area is 119 Å². The molecule has 10 heteroatoms. The van der Waals surface area contributed by atoms with Crippen LogP contribution in [0.2, 0.25) is 0 Å². The average Bonchev–Trinajstić information content (AvgIpc) is 3.02. The maximum Gasteiger partial charge on any atom is 0.316 e. The van der Waals surface area contributed by atoms with Gasteiger partial charge in [0, 0.05) is 21.1 Å². The standard InChI is InChI=1S/C10H15N7O2S/c1-16(2)9(18)8-12-6(15-19-8)5-20-10-14-13-7(4-11)17(10)3/h4-5,11H2,1-3H3. The van der Waals surface area contributed by atoms with E-state index in [2.05, 4.69) is 20.3 Å². The van der Waals surface area contributed by atoms with Gasteiger partial charge in [0.1, 0.15) is 5.82 Å². The van der Waals surface area contributed by atoms with Gasteiger partial charge in [-0.25, -0.2) is 0 Å². The normalized spacial score (nSPS) is 10.8. The minimum absolute atomic E-state index is 0.0220. The molecule has 0 radical (unpaired) electrons. The van der Waals surface area contributed by atoms with Gasteiger partial charge in [0.05, 0.1) is 12.3 Å². The van der Waals surface area contributed by atoms with E-state index in [1.54, 1.807) is 18.7 Å². The third-order valence-electron chi connectivity index (χ3n) is 2.50. The molecule has 108 valence electrons. The van der Waals surface area contributed by atoms with Gasteiger partial charge in [0.15, 0.2) is 11.0 Å². The summed E-state index contributed by atoms with van der Waals surface area (Å²) < 4.78 is 6.71. The smallest absolute Gasteiger partial charge is 0.316 e. The van der Waals surface area contributed by atoms with Crippen molar-refractivity contribution in [2.24, 2.45) is 12.8 Å². The molecule has 2 aromatic heterocycles. The molecule has 0 spiro atoms. The minimum Gasteiger partial charge on any atom is -0.341 e. The van der Waals surface area contributed by atoms with Crippen molar-refractivity contribution in [1.29, 1.82) is 0 Å². The Hall–Kier alpha value is -1.94. The first-order valence-electron chi connectivity index (χ1n) is 5.78. The van der Waals surface area contributed by atoms with Crippen LogP contribution in [0.1, 0.15) is 22.3 Å². The molecule has 0 aliphatic heterocycles. The zero-order valence-electron chi connectivity index (χ0n) is 11.4. The van der Waals surface area contributed by atoms with Gasteiger partial charge in [-0.05, 0) is 0 Å². The highest BCUT2D eigenvalue weighted by atomic mass is 32.2. The molecule has 0 unspecified atom stereocenters. The van der Waals surface area contributed by atoms with E-state index in [1.807, 2.05) is 7.05 Å². The maximum absolute atomic E-state index is 11.6. The summed E-state index contributed by atoms with van der Waals surface area (Å²) in [7, 11) is 5.07. The number of rotatable bonds is 5. The van der Waals surface area contributed by atoms with Crippen molar-refractivity contribution >= 4 is 17.7 Å². The van der Waals surface area contributed by atoms with Crippen molar-refractivity contribution < 1.29 is 9.32 Å². The number of nitrogens with two attached hydrogens (primary N) is 1. The van der Waals surface area contributed by atoms with Crippen LogP contribution in [-0.4, -0.2) is 49.8 Å². The van der Waals surface area contributed by atoms with Crippen molar-refractivity contribution in [2.75, 3.05) is 14.1 Å². The van der Waals surface area contributed by atoms with Crippen LogP contribution < -0.4 is 5.73 Å². The first-order valence-corrected chi connectivity index (χ1v) is 6.77. The fraction of sp³-hybridized carbons (Fsp3) is 0.500. The SMILES string of the molecule is CN(C)C(=O)c1nc(CSc2nnc(CN)n2C)no1. The molecule has 2 rings (SSSR count). The first kappa shape index (κ1) is 14.5. The molecule has 9 nitrogen and oxygen atoms in total. The summed E-state index contributed by atoms with van der Waals surface area (Å²) in [4.78, 5) is 17.0. The summed E-state index contributed by atoms with van der Waals surface area (Å²) in [5, 5.41) is 12.4. The summed E-state index contributed by atoms with van der Waals surface area (Å²) in [6, 6.07) is 0. The number of hydrogen-bond donors (Lipinski definition) is 1. The van der Waals surface area contributed by atoms with E-state index >= 15 is 0 Å². The molecule has 20 heavy (non-hydrogen) atoms. The number of thioether (sulfide) groups is 1. The molecular weight excluding hydrogens is 282 g/mol. The molecule has 1 amide bonds. The Morgan fingerprint density at radius 2 is 2.20 bits per heavy atom. The average molecular weight is 297 g/mol. The van der Waals surface area contributed by atoms with Crippen LogP contribution in [0.3, 0.4) is 0 Å². The highest BCUT2D eigenvalue weighted by Gasteiger charge is 2.17. The van der Waals surface area contributed by atoms with Gasteiger partial charge in [-0.3, -0.25) is 4.79 Å². The van der Waals surface area contributed by atoms with Gasteiger partial charge in [0.25, 0.3) is 0 Å². The van der Waals surface area contributed by atoms with Crippen molar-refractivity contribution in [3.05, 3.63) is 17.5 Å². The van der Waals surface area contributed by atoms with E-state index in [4.69, 9.17) is 10.3 Å². The quantitative estimate of drug-likeness (QED) is 0.744. The van der Waals surface area contributed by atoms with Gasteiger partial charge in [-0.2, -0.15) is 4.98 Å². The van der Waals surface area contributed by atoms with Crippen LogP contribution in [0.25, 0.3) is 0 Å². The van der Waals surface area contributed by atoms with Crippen LogP contribution in [0.4, 0.5) is 0 Å². The lowest BCUT2D eigenvalue weighted by Crippen LogP contribution is -2.21. The van der Waals surface area contributed by atoms with E-state index in [0.29, 0.717) is 29.1 Å². The summed E-state index contributed by atoms with van der Waals surface area (Å²) >= 11 is 1.39. The molecule has 2 N–H and O–H groups in total. The van der Waals surface area contributed by atoms with Crippen LogP contribution in [0.15, 0.2) is 9.68 Å². The molecule has 0 aliphatic rings. The van der Waals surface area contributed by atoms with E-state index in [-0.39, 0.29) is 11.8 Å². The Bertz CT molecular complexity index is 607. The fourth-order valence-electron chi connectivity index (χ4n) is 1.37. The number of amides is 1. The van der Waals surface area contributed by atoms with Crippen LogP contribution in [-0.2, 0) is 19.3 Å². The highest BCUT2D eigenvalue weighted by Crippen LogP contribution is 2.19. The Morgan fingerprint density at radius 3 is 2.80 bits per heavy atom. The second kappa shape index (κ2) is 6.01. The van der Waals surface area contributed by atoms with Crippen molar-refractivity contribution in [3.8, 4) is 0 Å². The predicted molar refractivity (Wildman–Crippen MR) is 70.8 cm³/mol. The number of nitrogens with zero attached hydrogens (tertiary/aromatic N) is 6. The van der Waals surface area contributed by atoms with E-state index in [9.17, 15) is 4.79 Å². The molecule has 0 fully saturated rings. The van der Waals surface area contributed by atoms with Crippen molar-refractivity contribution in [3.63, 3.8) is 0 Å². The number of hydrogen-bond acceptors (Lipinski definition) is 8. The second-order valence-electron chi connectivity index (χ2n) is 4.17. The third-order valence-corrected chi connectivity index (χ3v) is 3.51. The molecule has 2 aromatic rings. The first-order chi connectivity index (χ1) is 9.52. The summed E-state index contributed by atoms with van der Waals surface area (Å²) in [5.74, 6) is 1.21. The molecular formula is C10H15N7O2S. The van der Waals surface area contributed by atoms with E-state index in [1.165, 1.54) is 16.7 Å². The van der Waals surface area contributed by atoms with Crippen LogP contribution in [0.5, 0.6) is 0 Å². The molecule has 0 saturated heterocycles. The lowest BCUT2D eigenvalue weighted by atomic mass is 10.5. The summed E-state index contributed by atoms with van der Waals surface area (Å²) in [5.41, 5.74) is 5.52. The molecule has 2 heterocycles. The van der Waals surface area contributed by atoms with Crippen molar-refractivity contribution in [1.82, 2.24) is 29.8 Å². The third kappa shape index (κ3) is 2.96. The molecule has 0 saturated carbocycles. The number of carbonyl (C=O) groups is 1.